The number of para-hydroxylation sites is 1. The van der Waals surface area contributed by atoms with Crippen molar-refractivity contribution in [2.24, 2.45) is 0 Å². The lowest BCUT2D eigenvalue weighted by atomic mass is 10.0. The van der Waals surface area contributed by atoms with E-state index < -0.39 is 0 Å². The number of thiocarbonyl (C=S) groups is 1. The van der Waals surface area contributed by atoms with Gasteiger partial charge in [-0.2, -0.15) is 0 Å². The van der Waals surface area contributed by atoms with Crippen molar-refractivity contribution >= 4 is 17.3 Å². The van der Waals surface area contributed by atoms with Gasteiger partial charge < -0.3 is 4.74 Å². The van der Waals surface area contributed by atoms with Gasteiger partial charge >= 0.3 is 0 Å². The summed E-state index contributed by atoms with van der Waals surface area (Å²) < 4.78 is 5.44. The molecule has 1 rings (SSSR count). The van der Waals surface area contributed by atoms with Crippen LogP contribution in [-0.2, 0) is 0 Å². The molecule has 1 aromatic carbocycles. The van der Waals surface area contributed by atoms with E-state index >= 15 is 0 Å². The summed E-state index contributed by atoms with van der Waals surface area (Å²) in [5.74, 6) is 1.34. The van der Waals surface area contributed by atoms with Crippen LogP contribution in [0, 0.1) is 0 Å². The van der Waals surface area contributed by atoms with Gasteiger partial charge in [0.15, 0.2) is 5.05 Å². The molecule has 0 aliphatic heterocycles. The Morgan fingerprint density at radius 2 is 1.92 bits per heavy atom. The van der Waals surface area contributed by atoms with Gasteiger partial charge in [-0.15, -0.1) is 0 Å². The monoisotopic (exact) mass is 194 g/mol. The van der Waals surface area contributed by atoms with Crippen LogP contribution in [0.2, 0.25) is 0 Å². The smallest absolute Gasteiger partial charge is 0.164 e. The van der Waals surface area contributed by atoms with E-state index in [1.807, 2.05) is 18.2 Å². The number of rotatable bonds is 2. The highest BCUT2D eigenvalue weighted by Gasteiger charge is 2.06. The topological polar surface area (TPSA) is 9.23 Å². The Labute approximate surface area is 84.7 Å². The lowest BCUT2D eigenvalue weighted by Gasteiger charge is -2.11. The molecular formula is C11H14OS. The van der Waals surface area contributed by atoms with Crippen LogP contribution in [0.15, 0.2) is 24.3 Å². The van der Waals surface area contributed by atoms with Gasteiger partial charge in [-0.25, -0.2) is 0 Å². The lowest BCUT2D eigenvalue weighted by molar-refractivity contribution is 0.547. The van der Waals surface area contributed by atoms with Crippen molar-refractivity contribution in [3.63, 3.8) is 0 Å². The second kappa shape index (κ2) is 4.38. The van der Waals surface area contributed by atoms with Crippen LogP contribution in [0.4, 0.5) is 0 Å². The van der Waals surface area contributed by atoms with E-state index in [9.17, 15) is 0 Å². The van der Waals surface area contributed by atoms with Gasteiger partial charge in [0.25, 0.3) is 0 Å². The van der Waals surface area contributed by atoms with Crippen LogP contribution in [0.25, 0.3) is 0 Å². The van der Waals surface area contributed by atoms with Gasteiger partial charge in [0.1, 0.15) is 5.75 Å². The highest BCUT2D eigenvalue weighted by atomic mass is 32.1. The summed E-state index contributed by atoms with van der Waals surface area (Å²) in [5.41, 5.74) is 1.20. The fourth-order valence-electron chi connectivity index (χ4n) is 1.21. The van der Waals surface area contributed by atoms with Crippen molar-refractivity contribution in [2.45, 2.75) is 26.7 Å². The first-order valence-electron chi connectivity index (χ1n) is 4.38. The minimum absolute atomic E-state index is 0.463. The molecule has 0 saturated heterocycles. The molecule has 0 amide bonds. The van der Waals surface area contributed by atoms with Gasteiger partial charge in [0, 0.05) is 6.92 Å². The average molecular weight is 194 g/mol. The van der Waals surface area contributed by atoms with E-state index in [2.05, 4.69) is 19.9 Å². The Kier molecular flexibility index (Phi) is 3.43. The molecule has 0 bridgehead atoms. The Morgan fingerprint density at radius 3 is 2.46 bits per heavy atom. The molecule has 0 spiro atoms. The van der Waals surface area contributed by atoms with Crippen molar-refractivity contribution in [3.8, 4) is 5.75 Å². The predicted molar refractivity (Wildman–Crippen MR) is 59.4 cm³/mol. The Balaban J connectivity index is 2.97. The first-order valence-corrected chi connectivity index (χ1v) is 4.79. The fraction of sp³-hybridized carbons (Fsp3) is 0.364. The van der Waals surface area contributed by atoms with Crippen LogP contribution < -0.4 is 4.74 Å². The van der Waals surface area contributed by atoms with Crippen LogP contribution in [0.1, 0.15) is 32.3 Å². The molecule has 1 aromatic rings. The Hall–Kier alpha value is -0.890. The minimum atomic E-state index is 0.463. The average Bonchev–Trinajstić information content (AvgIpc) is 2.03. The zero-order valence-electron chi connectivity index (χ0n) is 8.20. The maximum atomic E-state index is 5.44. The second-order valence-corrected chi connectivity index (χ2v) is 3.86. The van der Waals surface area contributed by atoms with Crippen molar-refractivity contribution < 1.29 is 4.74 Å². The number of hydrogen-bond donors (Lipinski definition) is 0. The summed E-state index contributed by atoms with van der Waals surface area (Å²) in [7, 11) is 0. The molecule has 0 aliphatic rings. The minimum Gasteiger partial charge on any atom is -0.450 e. The van der Waals surface area contributed by atoms with E-state index in [1.165, 1.54) is 5.56 Å². The van der Waals surface area contributed by atoms with Gasteiger partial charge in [-0.05, 0) is 29.8 Å². The van der Waals surface area contributed by atoms with E-state index in [0.717, 1.165) is 5.75 Å². The molecule has 2 heteroatoms. The van der Waals surface area contributed by atoms with Crippen molar-refractivity contribution in [3.05, 3.63) is 29.8 Å². The van der Waals surface area contributed by atoms with Crippen LogP contribution in [0.5, 0.6) is 5.75 Å². The summed E-state index contributed by atoms with van der Waals surface area (Å²) in [5, 5.41) is 0.563. The molecular weight excluding hydrogens is 180 g/mol. The maximum Gasteiger partial charge on any atom is 0.164 e. The zero-order valence-corrected chi connectivity index (χ0v) is 9.02. The van der Waals surface area contributed by atoms with Gasteiger partial charge in [-0.1, -0.05) is 32.0 Å². The van der Waals surface area contributed by atoms with Gasteiger partial charge in [0.05, 0.1) is 0 Å². The quantitative estimate of drug-likeness (QED) is 0.666. The molecule has 13 heavy (non-hydrogen) atoms. The first-order chi connectivity index (χ1) is 6.11. The third-order valence-electron chi connectivity index (χ3n) is 1.79. The summed E-state index contributed by atoms with van der Waals surface area (Å²) in [6.07, 6.45) is 0. The summed E-state index contributed by atoms with van der Waals surface area (Å²) in [6, 6.07) is 7.99. The first kappa shape index (κ1) is 10.2. The molecule has 0 heterocycles. The molecule has 0 fully saturated rings. The normalized spacial score (nSPS) is 10.2. The van der Waals surface area contributed by atoms with E-state index in [-0.39, 0.29) is 0 Å². The van der Waals surface area contributed by atoms with Crippen molar-refractivity contribution in [1.29, 1.82) is 0 Å². The second-order valence-electron chi connectivity index (χ2n) is 3.29. The SMILES string of the molecule is CC(=S)Oc1ccccc1C(C)C. The molecule has 0 atom stereocenters. The Bertz CT molecular complexity index is 305. The van der Waals surface area contributed by atoms with Gasteiger partial charge in [-0.3, -0.25) is 0 Å². The Morgan fingerprint density at radius 1 is 1.31 bits per heavy atom. The number of hydrogen-bond acceptors (Lipinski definition) is 2. The van der Waals surface area contributed by atoms with Crippen molar-refractivity contribution in [2.75, 3.05) is 0 Å². The lowest BCUT2D eigenvalue weighted by Crippen LogP contribution is -2.02. The van der Waals surface area contributed by atoms with E-state index in [0.29, 0.717) is 11.0 Å². The van der Waals surface area contributed by atoms with E-state index in [4.69, 9.17) is 17.0 Å². The fourth-order valence-corrected chi connectivity index (χ4v) is 1.30. The van der Waals surface area contributed by atoms with Crippen molar-refractivity contribution in [1.82, 2.24) is 0 Å². The molecule has 0 radical (unpaired) electrons. The molecule has 0 aliphatic carbocycles. The molecule has 0 aromatic heterocycles. The van der Waals surface area contributed by atoms with Gasteiger partial charge in [0.2, 0.25) is 0 Å². The highest BCUT2D eigenvalue weighted by molar-refractivity contribution is 7.80. The van der Waals surface area contributed by atoms with Crippen LogP contribution in [0.3, 0.4) is 0 Å². The zero-order chi connectivity index (χ0) is 9.84. The standard InChI is InChI=1S/C11H14OS/c1-8(2)10-6-4-5-7-11(10)12-9(3)13/h4-8H,1-3H3. The molecule has 0 saturated carbocycles. The largest absolute Gasteiger partial charge is 0.450 e. The number of ether oxygens (including phenoxy) is 1. The molecule has 1 nitrogen and oxygen atoms in total. The summed E-state index contributed by atoms with van der Waals surface area (Å²) in [6.45, 7) is 6.06. The molecule has 0 unspecified atom stereocenters. The van der Waals surface area contributed by atoms with E-state index in [1.54, 1.807) is 6.92 Å². The summed E-state index contributed by atoms with van der Waals surface area (Å²) >= 11 is 4.90. The predicted octanol–water partition coefficient (Wildman–Crippen LogP) is 3.54. The number of benzene rings is 1. The highest BCUT2D eigenvalue weighted by Crippen LogP contribution is 2.25. The maximum absolute atomic E-state index is 5.44. The molecule has 70 valence electrons. The third-order valence-corrected chi connectivity index (χ3v) is 1.88. The molecule has 0 N–H and O–H groups in total. The van der Waals surface area contributed by atoms with Crippen LogP contribution >= 0.6 is 12.2 Å². The third kappa shape index (κ3) is 2.81. The van der Waals surface area contributed by atoms with Crippen LogP contribution in [-0.4, -0.2) is 5.05 Å². The summed E-state index contributed by atoms with van der Waals surface area (Å²) in [4.78, 5) is 0.